The molecule has 1 aliphatic heterocycles. The first-order valence-corrected chi connectivity index (χ1v) is 7.30. The number of hydrogen-bond donors (Lipinski definition) is 0. The van der Waals surface area contributed by atoms with Crippen LogP contribution in [0.4, 0.5) is 10.2 Å². The molecule has 1 aromatic rings. The van der Waals surface area contributed by atoms with Gasteiger partial charge in [0.2, 0.25) is 5.95 Å². The average molecular weight is 295 g/mol. The first kappa shape index (κ1) is 14.7. The van der Waals surface area contributed by atoms with Crippen LogP contribution in [0.2, 0.25) is 0 Å². The minimum atomic E-state index is -0.545. The van der Waals surface area contributed by atoms with E-state index in [1.165, 1.54) is 12.4 Å². The summed E-state index contributed by atoms with van der Waals surface area (Å²) in [6, 6.07) is 0.357. The van der Waals surface area contributed by atoms with Crippen molar-refractivity contribution in [2.24, 2.45) is 11.3 Å². The highest BCUT2D eigenvalue weighted by atomic mass is 19.1. The van der Waals surface area contributed by atoms with Crippen molar-refractivity contribution in [3.05, 3.63) is 18.3 Å². The highest BCUT2D eigenvalue weighted by Gasteiger charge is 2.67. The van der Waals surface area contributed by atoms with E-state index < -0.39 is 11.7 Å². The Morgan fingerprint density at radius 3 is 2.38 bits per heavy atom. The standard InChI is InChI=1S/C15H22FN3O2/c1-10(2)13-14(7-15(8-14,20-3)21-4)9-19(13)12-6-17-11(16)5-18-12/h5-6,10,13H,7-9H2,1-4H3. The van der Waals surface area contributed by atoms with E-state index in [-0.39, 0.29) is 5.41 Å². The molecule has 1 atom stereocenters. The molecule has 0 radical (unpaired) electrons. The molecule has 2 fully saturated rings. The lowest BCUT2D eigenvalue weighted by Gasteiger charge is -2.68. The van der Waals surface area contributed by atoms with Crippen molar-refractivity contribution in [1.82, 2.24) is 9.97 Å². The van der Waals surface area contributed by atoms with Crippen LogP contribution in [0.5, 0.6) is 0 Å². The van der Waals surface area contributed by atoms with Gasteiger partial charge < -0.3 is 14.4 Å². The van der Waals surface area contributed by atoms with Gasteiger partial charge in [-0.2, -0.15) is 4.39 Å². The Kier molecular flexibility index (Phi) is 3.41. The Morgan fingerprint density at radius 1 is 1.24 bits per heavy atom. The zero-order valence-corrected chi connectivity index (χ0v) is 13.0. The van der Waals surface area contributed by atoms with Gasteiger partial charge in [0.05, 0.1) is 12.4 Å². The van der Waals surface area contributed by atoms with E-state index in [1.807, 2.05) is 0 Å². The molecule has 1 saturated heterocycles. The smallest absolute Gasteiger partial charge is 0.231 e. The zero-order valence-electron chi connectivity index (χ0n) is 13.0. The zero-order chi connectivity index (χ0) is 15.3. The molecular weight excluding hydrogens is 273 g/mol. The summed E-state index contributed by atoms with van der Waals surface area (Å²) in [6.07, 6.45) is 4.46. The average Bonchev–Trinajstić information content (AvgIpc) is 2.38. The molecule has 1 aliphatic carbocycles. The molecule has 1 unspecified atom stereocenters. The van der Waals surface area contributed by atoms with Crippen molar-refractivity contribution in [3.8, 4) is 0 Å². The van der Waals surface area contributed by atoms with Crippen LogP contribution in [0.1, 0.15) is 26.7 Å². The molecule has 6 heteroatoms. The summed E-state index contributed by atoms with van der Waals surface area (Å²) in [4.78, 5) is 10.1. The van der Waals surface area contributed by atoms with Gasteiger partial charge in [-0.1, -0.05) is 13.8 Å². The quantitative estimate of drug-likeness (QED) is 0.797. The van der Waals surface area contributed by atoms with Gasteiger partial charge in [-0.05, 0) is 5.92 Å². The topological polar surface area (TPSA) is 47.5 Å². The maximum absolute atomic E-state index is 12.9. The Bertz CT molecular complexity index is 508. The Morgan fingerprint density at radius 2 is 1.90 bits per heavy atom. The maximum atomic E-state index is 12.9. The summed E-state index contributed by atoms with van der Waals surface area (Å²) < 4.78 is 24.0. The van der Waals surface area contributed by atoms with Crippen LogP contribution in [0.25, 0.3) is 0 Å². The van der Waals surface area contributed by atoms with Gasteiger partial charge in [0.25, 0.3) is 0 Å². The number of nitrogens with zero attached hydrogens (tertiary/aromatic N) is 3. The molecule has 1 saturated carbocycles. The molecule has 0 bridgehead atoms. The van der Waals surface area contributed by atoms with E-state index in [0.717, 1.165) is 25.2 Å². The molecule has 1 spiro atoms. The number of aromatic nitrogens is 2. The molecule has 2 aliphatic rings. The van der Waals surface area contributed by atoms with Crippen molar-refractivity contribution < 1.29 is 13.9 Å². The van der Waals surface area contributed by atoms with Gasteiger partial charge in [-0.25, -0.2) is 9.97 Å². The van der Waals surface area contributed by atoms with Gasteiger partial charge in [-0.15, -0.1) is 0 Å². The normalized spacial score (nSPS) is 25.8. The summed E-state index contributed by atoms with van der Waals surface area (Å²) >= 11 is 0. The van der Waals surface area contributed by atoms with Crippen molar-refractivity contribution in [1.29, 1.82) is 0 Å². The highest BCUT2D eigenvalue weighted by molar-refractivity contribution is 5.46. The van der Waals surface area contributed by atoms with Gasteiger partial charge in [0.15, 0.2) is 5.79 Å². The number of methoxy groups -OCH3 is 2. The minimum absolute atomic E-state index is 0.205. The molecule has 0 aromatic carbocycles. The summed E-state index contributed by atoms with van der Waals surface area (Å²) in [6.45, 7) is 5.30. The summed E-state index contributed by atoms with van der Waals surface area (Å²) in [7, 11) is 3.39. The van der Waals surface area contributed by atoms with Crippen molar-refractivity contribution in [2.45, 2.75) is 38.5 Å². The Hall–Kier alpha value is -1.27. The second kappa shape index (κ2) is 4.88. The number of rotatable bonds is 4. The molecule has 3 rings (SSSR count). The predicted octanol–water partition coefficient (Wildman–Crippen LogP) is 2.23. The highest BCUT2D eigenvalue weighted by Crippen LogP contribution is 2.61. The van der Waals surface area contributed by atoms with E-state index in [9.17, 15) is 4.39 Å². The number of ether oxygens (including phenoxy) is 2. The van der Waals surface area contributed by atoms with E-state index in [1.54, 1.807) is 14.2 Å². The van der Waals surface area contributed by atoms with Crippen LogP contribution >= 0.6 is 0 Å². The SMILES string of the molecule is COC1(OC)CC2(CN(c3cnc(F)cn3)C2C(C)C)C1. The van der Waals surface area contributed by atoms with Crippen molar-refractivity contribution in [3.63, 3.8) is 0 Å². The molecule has 21 heavy (non-hydrogen) atoms. The van der Waals surface area contributed by atoms with Gasteiger partial charge >= 0.3 is 0 Å². The maximum Gasteiger partial charge on any atom is 0.231 e. The van der Waals surface area contributed by atoms with Crippen LogP contribution in [0.15, 0.2) is 12.4 Å². The summed E-state index contributed by atoms with van der Waals surface area (Å²) in [5.41, 5.74) is 0.205. The van der Waals surface area contributed by atoms with E-state index in [0.29, 0.717) is 12.0 Å². The summed E-state index contributed by atoms with van der Waals surface area (Å²) in [5.74, 6) is 0.232. The number of hydrogen-bond acceptors (Lipinski definition) is 5. The third kappa shape index (κ3) is 2.12. The fraction of sp³-hybridized carbons (Fsp3) is 0.733. The van der Waals surface area contributed by atoms with Crippen molar-refractivity contribution >= 4 is 5.82 Å². The lowest BCUT2D eigenvalue weighted by Crippen LogP contribution is -2.76. The predicted molar refractivity (Wildman–Crippen MR) is 76.4 cm³/mol. The van der Waals surface area contributed by atoms with E-state index >= 15 is 0 Å². The van der Waals surface area contributed by atoms with E-state index in [4.69, 9.17) is 9.47 Å². The van der Waals surface area contributed by atoms with Crippen LogP contribution in [0, 0.1) is 17.3 Å². The molecule has 0 N–H and O–H groups in total. The lowest BCUT2D eigenvalue weighted by molar-refractivity contribution is -0.311. The van der Waals surface area contributed by atoms with Gasteiger partial charge in [0, 0.05) is 45.1 Å². The minimum Gasteiger partial charge on any atom is -0.353 e. The molecular formula is C15H22FN3O2. The summed E-state index contributed by atoms with van der Waals surface area (Å²) in [5, 5.41) is 0. The second-order valence-electron chi connectivity index (χ2n) is 6.55. The number of anilines is 1. The van der Waals surface area contributed by atoms with Crippen LogP contribution in [-0.4, -0.2) is 42.6 Å². The molecule has 2 heterocycles. The largest absolute Gasteiger partial charge is 0.353 e. The van der Waals surface area contributed by atoms with Gasteiger partial charge in [0.1, 0.15) is 5.82 Å². The second-order valence-corrected chi connectivity index (χ2v) is 6.55. The van der Waals surface area contributed by atoms with Crippen molar-refractivity contribution in [2.75, 3.05) is 25.7 Å². The lowest BCUT2D eigenvalue weighted by atomic mass is 9.52. The van der Waals surface area contributed by atoms with E-state index in [2.05, 4.69) is 28.7 Å². The van der Waals surface area contributed by atoms with Crippen LogP contribution < -0.4 is 4.90 Å². The fourth-order valence-corrected chi connectivity index (χ4v) is 4.21. The molecule has 0 amide bonds. The molecule has 1 aromatic heterocycles. The number of halogens is 1. The third-order valence-corrected chi connectivity index (χ3v) is 4.97. The van der Waals surface area contributed by atoms with Crippen LogP contribution in [0.3, 0.4) is 0 Å². The van der Waals surface area contributed by atoms with Gasteiger partial charge in [-0.3, -0.25) is 0 Å². The fourth-order valence-electron chi connectivity index (χ4n) is 4.21. The first-order valence-electron chi connectivity index (χ1n) is 7.30. The monoisotopic (exact) mass is 295 g/mol. The first-order chi connectivity index (χ1) is 9.95. The van der Waals surface area contributed by atoms with Crippen LogP contribution in [-0.2, 0) is 9.47 Å². The molecule has 5 nitrogen and oxygen atoms in total. The Balaban J connectivity index is 1.78. The molecule has 116 valence electrons. The Labute approximate surface area is 124 Å². The third-order valence-electron chi connectivity index (χ3n) is 4.97.